The highest BCUT2D eigenvalue weighted by molar-refractivity contribution is 6.33. The fraction of sp³-hybridized carbons (Fsp3) is 0.368. The molecule has 1 fully saturated rings. The molecule has 1 amide bonds. The van der Waals surface area contributed by atoms with Gasteiger partial charge in [0.2, 0.25) is 11.8 Å². The highest BCUT2D eigenvalue weighted by atomic mass is 35.5. The third-order valence-corrected chi connectivity index (χ3v) is 4.52. The Hall–Kier alpha value is -2.27. The third kappa shape index (κ3) is 5.36. The minimum Gasteiger partial charge on any atom is -0.474 e. The topological polar surface area (TPSA) is 63.2 Å². The van der Waals surface area contributed by atoms with Crippen molar-refractivity contribution in [3.8, 4) is 5.88 Å². The van der Waals surface area contributed by atoms with Crippen molar-refractivity contribution in [1.29, 1.82) is 0 Å². The van der Waals surface area contributed by atoms with Gasteiger partial charge in [0.25, 0.3) is 0 Å². The van der Waals surface area contributed by atoms with E-state index in [1.165, 1.54) is 12.8 Å². The number of nitrogens with zero attached hydrogens (tertiary/aromatic N) is 1. The number of anilines is 1. The number of ether oxygens (including phenoxy) is 1. The van der Waals surface area contributed by atoms with Gasteiger partial charge in [0, 0.05) is 18.8 Å². The lowest BCUT2D eigenvalue weighted by atomic mass is 10.2. The highest BCUT2D eigenvalue weighted by Crippen LogP contribution is 2.23. The molecule has 25 heavy (non-hydrogen) atoms. The summed E-state index contributed by atoms with van der Waals surface area (Å²) in [7, 11) is 0. The molecule has 5 nitrogen and oxygen atoms in total. The van der Waals surface area contributed by atoms with Crippen molar-refractivity contribution in [3.63, 3.8) is 0 Å². The van der Waals surface area contributed by atoms with E-state index in [-0.39, 0.29) is 12.5 Å². The molecular weight excluding hydrogens is 338 g/mol. The molecule has 2 N–H and O–H groups in total. The van der Waals surface area contributed by atoms with Crippen LogP contribution in [0.4, 0.5) is 5.69 Å². The molecule has 1 aromatic heterocycles. The van der Waals surface area contributed by atoms with E-state index in [4.69, 9.17) is 16.3 Å². The number of pyridine rings is 1. The van der Waals surface area contributed by atoms with Gasteiger partial charge in [0.05, 0.1) is 17.3 Å². The maximum absolute atomic E-state index is 11.9. The Morgan fingerprint density at radius 1 is 1.20 bits per heavy atom. The van der Waals surface area contributed by atoms with Crippen LogP contribution in [0.1, 0.15) is 31.2 Å². The molecular formula is C19H22ClN3O2. The Labute approximate surface area is 152 Å². The van der Waals surface area contributed by atoms with E-state index in [0.29, 0.717) is 23.6 Å². The Balaban J connectivity index is 1.41. The van der Waals surface area contributed by atoms with Crippen molar-refractivity contribution in [1.82, 2.24) is 10.3 Å². The molecule has 1 aromatic carbocycles. The maximum Gasteiger partial charge on any atom is 0.239 e. The molecule has 0 bridgehead atoms. The second kappa shape index (κ2) is 8.72. The van der Waals surface area contributed by atoms with E-state index in [9.17, 15) is 4.79 Å². The maximum atomic E-state index is 11.9. The van der Waals surface area contributed by atoms with Gasteiger partial charge in [-0.15, -0.1) is 0 Å². The molecule has 1 heterocycles. The van der Waals surface area contributed by atoms with Crippen LogP contribution < -0.4 is 15.4 Å². The Morgan fingerprint density at radius 2 is 2.00 bits per heavy atom. The number of nitrogens with one attached hydrogen (secondary N) is 2. The Bertz CT molecular complexity index is 700. The number of amides is 1. The standard InChI is InChI=1S/C19H22ClN3O2/c20-16-7-3-4-8-17(16)21-13-18(24)22-11-14-9-10-19(23-12-14)25-15-5-1-2-6-15/h3-4,7-10,12,15,21H,1-2,5-6,11,13H2,(H,22,24). The number of hydrogen-bond donors (Lipinski definition) is 2. The van der Waals surface area contributed by atoms with E-state index in [1.54, 1.807) is 12.3 Å². The van der Waals surface area contributed by atoms with Gasteiger partial charge in [-0.3, -0.25) is 4.79 Å². The van der Waals surface area contributed by atoms with Crippen LogP contribution in [-0.4, -0.2) is 23.5 Å². The number of rotatable bonds is 7. The van der Waals surface area contributed by atoms with Crippen LogP contribution in [0.2, 0.25) is 5.02 Å². The van der Waals surface area contributed by atoms with Crippen LogP contribution in [0, 0.1) is 0 Å². The monoisotopic (exact) mass is 359 g/mol. The van der Waals surface area contributed by atoms with Crippen molar-refractivity contribution in [2.24, 2.45) is 0 Å². The summed E-state index contributed by atoms with van der Waals surface area (Å²) in [5.41, 5.74) is 1.68. The SMILES string of the molecule is O=C(CNc1ccccc1Cl)NCc1ccc(OC2CCCC2)nc1. The third-order valence-electron chi connectivity index (χ3n) is 4.19. The summed E-state index contributed by atoms with van der Waals surface area (Å²) in [6.45, 7) is 0.597. The van der Waals surface area contributed by atoms with E-state index >= 15 is 0 Å². The summed E-state index contributed by atoms with van der Waals surface area (Å²) in [6.07, 6.45) is 6.73. The largest absolute Gasteiger partial charge is 0.474 e. The molecule has 2 aromatic rings. The molecule has 0 unspecified atom stereocenters. The summed E-state index contributed by atoms with van der Waals surface area (Å²) >= 11 is 6.04. The quantitative estimate of drug-likeness (QED) is 0.789. The van der Waals surface area contributed by atoms with Gasteiger partial charge < -0.3 is 15.4 Å². The van der Waals surface area contributed by atoms with Gasteiger partial charge >= 0.3 is 0 Å². The van der Waals surface area contributed by atoms with Crippen LogP contribution >= 0.6 is 11.6 Å². The second-order valence-electron chi connectivity index (χ2n) is 6.14. The molecule has 3 rings (SSSR count). The van der Waals surface area contributed by atoms with Crippen LogP contribution in [0.25, 0.3) is 0 Å². The zero-order valence-electron chi connectivity index (χ0n) is 14.0. The number of hydrogen-bond acceptors (Lipinski definition) is 4. The molecule has 0 radical (unpaired) electrons. The first-order chi connectivity index (χ1) is 12.2. The number of halogens is 1. The lowest BCUT2D eigenvalue weighted by Crippen LogP contribution is -2.29. The first-order valence-corrected chi connectivity index (χ1v) is 8.95. The molecule has 0 atom stereocenters. The number of aromatic nitrogens is 1. The minimum absolute atomic E-state index is 0.105. The molecule has 1 aliphatic carbocycles. The molecule has 0 saturated heterocycles. The average molecular weight is 360 g/mol. The Kier molecular flexibility index (Phi) is 6.12. The summed E-state index contributed by atoms with van der Waals surface area (Å²) in [6, 6.07) is 11.1. The normalized spacial score (nSPS) is 14.3. The van der Waals surface area contributed by atoms with Crippen molar-refractivity contribution >= 4 is 23.2 Å². The smallest absolute Gasteiger partial charge is 0.239 e. The Morgan fingerprint density at radius 3 is 2.72 bits per heavy atom. The fourth-order valence-corrected chi connectivity index (χ4v) is 3.01. The first kappa shape index (κ1) is 17.5. The van der Waals surface area contributed by atoms with Crippen molar-refractivity contribution < 1.29 is 9.53 Å². The van der Waals surface area contributed by atoms with E-state index in [1.807, 2.05) is 30.3 Å². The number of carbonyl (C=O) groups is 1. The van der Waals surface area contributed by atoms with Gasteiger partial charge in [0.1, 0.15) is 6.10 Å². The van der Waals surface area contributed by atoms with Crippen molar-refractivity contribution in [2.75, 3.05) is 11.9 Å². The molecule has 0 aliphatic heterocycles. The van der Waals surface area contributed by atoms with Gasteiger partial charge in [-0.2, -0.15) is 0 Å². The molecule has 132 valence electrons. The molecule has 1 aliphatic rings. The molecule has 1 saturated carbocycles. The number of benzene rings is 1. The lowest BCUT2D eigenvalue weighted by Gasteiger charge is -2.12. The summed E-state index contributed by atoms with van der Waals surface area (Å²) in [4.78, 5) is 16.3. The van der Waals surface area contributed by atoms with E-state index < -0.39 is 0 Å². The van der Waals surface area contributed by atoms with Gasteiger partial charge in [-0.25, -0.2) is 4.98 Å². The minimum atomic E-state index is -0.105. The first-order valence-electron chi connectivity index (χ1n) is 8.57. The predicted molar refractivity (Wildman–Crippen MR) is 98.9 cm³/mol. The van der Waals surface area contributed by atoms with E-state index in [0.717, 1.165) is 24.1 Å². The summed E-state index contributed by atoms with van der Waals surface area (Å²) in [5.74, 6) is 0.550. The van der Waals surface area contributed by atoms with Crippen LogP contribution in [0.3, 0.4) is 0 Å². The molecule has 6 heteroatoms. The van der Waals surface area contributed by atoms with Gasteiger partial charge in [-0.05, 0) is 43.4 Å². The van der Waals surface area contributed by atoms with Crippen molar-refractivity contribution in [3.05, 3.63) is 53.2 Å². The summed E-state index contributed by atoms with van der Waals surface area (Å²) < 4.78 is 5.83. The van der Waals surface area contributed by atoms with Crippen molar-refractivity contribution in [2.45, 2.75) is 38.3 Å². The number of carbonyl (C=O) groups excluding carboxylic acids is 1. The van der Waals surface area contributed by atoms with Crippen LogP contribution in [0.15, 0.2) is 42.6 Å². The van der Waals surface area contributed by atoms with Crippen LogP contribution in [-0.2, 0) is 11.3 Å². The fourth-order valence-electron chi connectivity index (χ4n) is 2.81. The highest BCUT2D eigenvalue weighted by Gasteiger charge is 2.16. The van der Waals surface area contributed by atoms with Crippen LogP contribution in [0.5, 0.6) is 5.88 Å². The average Bonchev–Trinajstić information content (AvgIpc) is 3.13. The zero-order chi connectivity index (χ0) is 17.5. The van der Waals surface area contributed by atoms with Gasteiger partial charge in [0.15, 0.2) is 0 Å². The zero-order valence-corrected chi connectivity index (χ0v) is 14.8. The second-order valence-corrected chi connectivity index (χ2v) is 6.55. The molecule has 0 spiro atoms. The van der Waals surface area contributed by atoms with Gasteiger partial charge in [-0.1, -0.05) is 29.8 Å². The lowest BCUT2D eigenvalue weighted by molar-refractivity contribution is -0.119. The number of para-hydroxylation sites is 1. The predicted octanol–water partition coefficient (Wildman–Crippen LogP) is 3.78. The van der Waals surface area contributed by atoms with E-state index in [2.05, 4.69) is 15.6 Å². The summed E-state index contributed by atoms with van der Waals surface area (Å²) in [5, 5.41) is 6.47.